The fourth-order valence-electron chi connectivity index (χ4n) is 11.7. The SMILES string of the molecule is C1=C(c2ccccc2)CCC(N(c2ccc(-c3ccc4sc5ccccc5c4c3)cc2)c2cccc3c2-c2ccccc2C32c3ccccc3-n3c4ccccc4c4cccc2c43)=C1.CC.S. The van der Waals surface area contributed by atoms with Crippen molar-refractivity contribution in [1.82, 2.24) is 4.57 Å². The third-order valence-corrected chi connectivity index (χ3v) is 15.5. The zero-order valence-electron chi connectivity index (χ0n) is 37.5. The highest BCUT2D eigenvalue weighted by molar-refractivity contribution is 7.59. The van der Waals surface area contributed by atoms with Gasteiger partial charge in [-0.25, -0.2) is 0 Å². The van der Waals surface area contributed by atoms with Crippen molar-refractivity contribution in [3.8, 4) is 27.9 Å². The minimum Gasteiger partial charge on any atom is -0.314 e. The first-order valence-corrected chi connectivity index (χ1v) is 24.2. The van der Waals surface area contributed by atoms with E-state index in [0.717, 1.165) is 18.5 Å². The third-order valence-electron chi connectivity index (χ3n) is 14.3. The van der Waals surface area contributed by atoms with E-state index in [1.165, 1.54) is 115 Å². The Hall–Kier alpha value is -7.37. The molecule has 0 amide bonds. The fraction of sp³-hybridized carbons (Fsp3) is 0.0794. The van der Waals surface area contributed by atoms with Crippen molar-refractivity contribution in [2.45, 2.75) is 32.1 Å². The normalized spacial score (nSPS) is 15.3. The number of rotatable bonds is 5. The molecule has 0 fully saturated rings. The van der Waals surface area contributed by atoms with Crippen LogP contribution < -0.4 is 4.90 Å². The number of allylic oxidation sites excluding steroid dienone is 4. The second kappa shape index (κ2) is 16.2. The lowest BCUT2D eigenvalue weighted by atomic mass is 9.65. The molecule has 2 nitrogen and oxygen atoms in total. The molecule has 4 heteroatoms. The molecular weight excluding hydrogens is 849 g/mol. The zero-order valence-corrected chi connectivity index (χ0v) is 39.3. The predicted octanol–water partition coefficient (Wildman–Crippen LogP) is 17.5. The number of anilines is 2. The van der Waals surface area contributed by atoms with Crippen molar-refractivity contribution in [2.24, 2.45) is 0 Å². The van der Waals surface area contributed by atoms with Gasteiger partial charge in [0, 0.05) is 47.9 Å². The van der Waals surface area contributed by atoms with Crippen LogP contribution in [0.15, 0.2) is 224 Å². The van der Waals surface area contributed by atoms with Gasteiger partial charge in [0.1, 0.15) is 0 Å². The molecule has 1 aliphatic heterocycles. The van der Waals surface area contributed by atoms with Crippen LogP contribution in [0.1, 0.15) is 54.5 Å². The molecule has 9 aromatic carbocycles. The van der Waals surface area contributed by atoms with E-state index in [-0.39, 0.29) is 13.5 Å². The zero-order chi connectivity index (χ0) is 43.9. The number of para-hydroxylation sites is 3. The van der Waals surface area contributed by atoms with Crippen LogP contribution in [0.5, 0.6) is 0 Å². The van der Waals surface area contributed by atoms with Crippen molar-refractivity contribution in [2.75, 3.05) is 4.90 Å². The predicted molar refractivity (Wildman–Crippen MR) is 292 cm³/mol. The molecule has 322 valence electrons. The molecule has 2 aliphatic carbocycles. The first-order chi connectivity index (χ1) is 32.8. The fourth-order valence-corrected chi connectivity index (χ4v) is 12.7. The second-order valence-electron chi connectivity index (χ2n) is 17.5. The van der Waals surface area contributed by atoms with Crippen LogP contribution in [-0.4, -0.2) is 4.57 Å². The molecular formula is C63H48N2S2. The highest BCUT2D eigenvalue weighted by Crippen LogP contribution is 2.63. The van der Waals surface area contributed by atoms with Gasteiger partial charge in [0.05, 0.1) is 27.8 Å². The van der Waals surface area contributed by atoms with Crippen molar-refractivity contribution in [1.29, 1.82) is 0 Å². The van der Waals surface area contributed by atoms with E-state index in [2.05, 4.69) is 228 Å². The van der Waals surface area contributed by atoms with Crippen molar-refractivity contribution in [3.63, 3.8) is 0 Å². The molecule has 14 rings (SSSR count). The molecule has 0 N–H and O–H groups in total. The standard InChI is InChI=1S/C61H40N2S.C2H6.H2S/c1-2-14-39(15-3-1)40-28-33-43(34-29-40)62(44-35-30-41(31-36-44)42-32-37-58-49(38-42)46-17-6-11-27-57(46)64-58)56-26-13-22-52-59(56)48-18-4-7-20-50(48)61(52)51-21-8-10-25-55(51)63-54-24-9-5-16-45(54)47-19-12-23-53(61)60(47)63;1-2;/h1-28,30-33,35-38H,29,34H2;1-2H3;1H2. The average Bonchev–Trinajstić information content (AvgIpc) is 4.04. The molecule has 3 heterocycles. The Morgan fingerprint density at radius 3 is 1.97 bits per heavy atom. The number of hydrogen-bond acceptors (Lipinski definition) is 2. The number of thiophene rings is 1. The van der Waals surface area contributed by atoms with Gasteiger partial charge in [-0.2, -0.15) is 13.5 Å². The lowest BCUT2D eigenvalue weighted by molar-refractivity contribution is 0.748. The first-order valence-electron chi connectivity index (χ1n) is 23.4. The van der Waals surface area contributed by atoms with Gasteiger partial charge >= 0.3 is 0 Å². The van der Waals surface area contributed by atoms with Gasteiger partial charge in [-0.1, -0.05) is 178 Å². The molecule has 0 radical (unpaired) electrons. The van der Waals surface area contributed by atoms with Crippen LogP contribution in [0, 0.1) is 0 Å². The van der Waals surface area contributed by atoms with E-state index in [1.54, 1.807) is 0 Å². The Kier molecular flexibility index (Phi) is 9.94. The molecule has 11 aromatic rings. The Morgan fingerprint density at radius 1 is 0.478 bits per heavy atom. The smallest absolute Gasteiger partial charge is 0.0755 e. The summed E-state index contributed by atoms with van der Waals surface area (Å²) in [6.45, 7) is 4.00. The van der Waals surface area contributed by atoms with E-state index in [4.69, 9.17) is 0 Å². The van der Waals surface area contributed by atoms with E-state index in [9.17, 15) is 0 Å². The summed E-state index contributed by atoms with van der Waals surface area (Å²) in [4.78, 5) is 2.57. The Bertz CT molecular complexity index is 3790. The molecule has 1 atom stereocenters. The Balaban J connectivity index is 0.00000154. The van der Waals surface area contributed by atoms with Crippen molar-refractivity contribution < 1.29 is 0 Å². The highest BCUT2D eigenvalue weighted by Gasteiger charge is 2.51. The van der Waals surface area contributed by atoms with Gasteiger partial charge in [0.25, 0.3) is 0 Å². The molecule has 1 unspecified atom stereocenters. The van der Waals surface area contributed by atoms with Crippen molar-refractivity contribution >= 4 is 83.8 Å². The molecule has 1 spiro atoms. The van der Waals surface area contributed by atoms with E-state index < -0.39 is 5.41 Å². The molecule has 67 heavy (non-hydrogen) atoms. The van der Waals surface area contributed by atoms with E-state index in [1.807, 2.05) is 25.2 Å². The lowest BCUT2D eigenvalue weighted by Crippen LogP contribution is -2.33. The average molecular weight is 897 g/mol. The molecule has 2 aromatic heterocycles. The summed E-state index contributed by atoms with van der Waals surface area (Å²) >= 11 is 1.87. The van der Waals surface area contributed by atoms with Crippen LogP contribution in [-0.2, 0) is 5.41 Å². The van der Waals surface area contributed by atoms with Gasteiger partial charge in [0.2, 0.25) is 0 Å². The summed E-state index contributed by atoms with van der Waals surface area (Å²) in [6, 6.07) is 77.3. The Morgan fingerprint density at radius 2 is 1.13 bits per heavy atom. The summed E-state index contributed by atoms with van der Waals surface area (Å²) < 4.78 is 5.19. The van der Waals surface area contributed by atoms with Gasteiger partial charge in [-0.3, -0.25) is 0 Å². The topological polar surface area (TPSA) is 8.17 Å². The van der Waals surface area contributed by atoms with E-state index >= 15 is 0 Å². The first kappa shape index (κ1) is 41.1. The van der Waals surface area contributed by atoms with Crippen LogP contribution in [0.2, 0.25) is 0 Å². The van der Waals surface area contributed by atoms with Crippen LogP contribution in [0.4, 0.5) is 11.4 Å². The minimum atomic E-state index is -0.524. The highest BCUT2D eigenvalue weighted by atomic mass is 32.1. The summed E-state index contributed by atoms with van der Waals surface area (Å²) in [5, 5.41) is 5.24. The van der Waals surface area contributed by atoms with Crippen LogP contribution in [0.25, 0.3) is 75.5 Å². The molecule has 0 bridgehead atoms. The second-order valence-corrected chi connectivity index (χ2v) is 18.6. The van der Waals surface area contributed by atoms with Gasteiger partial charge < -0.3 is 9.47 Å². The molecule has 3 aliphatic rings. The van der Waals surface area contributed by atoms with Gasteiger partial charge in [-0.15, -0.1) is 11.3 Å². The van der Waals surface area contributed by atoms with Gasteiger partial charge in [0.15, 0.2) is 0 Å². The molecule has 0 saturated carbocycles. The molecule has 0 saturated heterocycles. The third kappa shape index (κ3) is 5.96. The number of nitrogens with zero attached hydrogens (tertiary/aromatic N) is 2. The maximum atomic E-state index is 2.57. The summed E-state index contributed by atoms with van der Waals surface area (Å²) in [7, 11) is 0. The maximum absolute atomic E-state index is 2.57. The minimum absolute atomic E-state index is 0. The number of aromatic nitrogens is 1. The number of hydrogen-bond donors (Lipinski definition) is 0. The maximum Gasteiger partial charge on any atom is 0.0755 e. The number of benzene rings is 9. The largest absolute Gasteiger partial charge is 0.314 e. The van der Waals surface area contributed by atoms with E-state index in [0.29, 0.717) is 0 Å². The van der Waals surface area contributed by atoms with Crippen LogP contribution >= 0.6 is 24.8 Å². The monoisotopic (exact) mass is 896 g/mol. The summed E-state index contributed by atoms with van der Waals surface area (Å²) in [5.41, 5.74) is 20.0. The van der Waals surface area contributed by atoms with Crippen LogP contribution in [0.3, 0.4) is 0 Å². The quantitative estimate of drug-likeness (QED) is 0.167. The summed E-state index contributed by atoms with van der Waals surface area (Å²) in [5.74, 6) is 0. The lowest BCUT2D eigenvalue weighted by Gasteiger charge is -2.40. The van der Waals surface area contributed by atoms with Gasteiger partial charge in [-0.05, 0) is 118 Å². The Labute approximate surface area is 402 Å². The summed E-state index contributed by atoms with van der Waals surface area (Å²) in [6.07, 6.45) is 6.61. The number of fused-ring (bicyclic) bond motifs is 15. The van der Waals surface area contributed by atoms with Crippen molar-refractivity contribution in [3.05, 3.63) is 252 Å².